The first kappa shape index (κ1) is 23.5. The molecule has 0 spiro atoms. The molecule has 2 heterocycles. The lowest BCUT2D eigenvalue weighted by molar-refractivity contribution is -0.385. The molecule has 0 fully saturated rings. The Kier molecular flexibility index (Phi) is 6.46. The van der Waals surface area contributed by atoms with E-state index < -0.39 is 40.1 Å². The van der Waals surface area contributed by atoms with Crippen LogP contribution in [0.15, 0.2) is 49.5 Å². The molecule has 0 amide bonds. The number of thioether (sulfide) groups is 1. The van der Waals surface area contributed by atoms with Crippen LogP contribution < -0.4 is 0 Å². The smallest absolute Gasteiger partial charge is 0.336 e. The molecular weight excluding hydrogens is 508 g/mol. The number of hydrogen-bond donors (Lipinski definition) is 1. The summed E-state index contributed by atoms with van der Waals surface area (Å²) in [5.74, 6) is -2.85. The van der Waals surface area contributed by atoms with E-state index in [2.05, 4.69) is 15.9 Å². The van der Waals surface area contributed by atoms with Gasteiger partial charge in [-0.25, -0.2) is 9.59 Å². The number of halogens is 1. The van der Waals surface area contributed by atoms with Gasteiger partial charge in [-0.05, 0) is 35.9 Å². The largest absolute Gasteiger partial charge is 0.506 e. The SMILES string of the molecule is COC(=O)C1=CC(C(=O)c2cc([N+](=O)[O-])cc(Br)c2O)=C2SC(C)=C(C)N2C1C(=O)OC. The number of carbonyl (C=O) groups excluding carboxylic acids is 3. The molecule has 2 aliphatic rings. The van der Waals surface area contributed by atoms with Crippen molar-refractivity contribution >= 4 is 51.1 Å². The van der Waals surface area contributed by atoms with Gasteiger partial charge in [0.05, 0.1) is 45.4 Å². The predicted molar refractivity (Wildman–Crippen MR) is 118 cm³/mol. The van der Waals surface area contributed by atoms with Crippen molar-refractivity contribution in [1.29, 1.82) is 0 Å². The third kappa shape index (κ3) is 3.79. The van der Waals surface area contributed by atoms with Crippen LogP contribution in [0.3, 0.4) is 0 Å². The summed E-state index contributed by atoms with van der Waals surface area (Å²) in [6.07, 6.45) is 1.20. The van der Waals surface area contributed by atoms with Crippen LogP contribution in [0.1, 0.15) is 24.2 Å². The topological polar surface area (TPSA) is 136 Å². The monoisotopic (exact) mass is 524 g/mol. The standard InChI is InChI=1S/C20H17BrN2O8S/c1-8-9(2)32-18-13(7-11(19(26)30-3)15(22(8)18)20(27)31-4)16(24)12-5-10(23(28)29)6-14(21)17(12)25/h5-7,15,25H,1-4H3. The van der Waals surface area contributed by atoms with Crippen LogP contribution in [0.2, 0.25) is 0 Å². The number of ether oxygens (including phenoxy) is 2. The van der Waals surface area contributed by atoms with Crippen molar-refractivity contribution in [2.75, 3.05) is 14.2 Å². The summed E-state index contributed by atoms with van der Waals surface area (Å²) in [5.41, 5.74) is -0.317. The van der Waals surface area contributed by atoms with Crippen molar-refractivity contribution in [1.82, 2.24) is 4.90 Å². The zero-order chi connectivity index (χ0) is 23.9. The number of non-ortho nitro benzene ring substituents is 1. The van der Waals surface area contributed by atoms with E-state index in [0.717, 1.165) is 24.1 Å². The van der Waals surface area contributed by atoms with E-state index in [4.69, 9.17) is 9.47 Å². The molecule has 0 bridgehead atoms. The Morgan fingerprint density at radius 2 is 1.88 bits per heavy atom. The van der Waals surface area contributed by atoms with Crippen molar-refractivity contribution in [3.05, 3.63) is 65.1 Å². The van der Waals surface area contributed by atoms with Crippen LogP contribution in [-0.2, 0) is 19.1 Å². The molecule has 3 rings (SSSR count). The average Bonchev–Trinajstić information content (AvgIpc) is 3.06. The summed E-state index contributed by atoms with van der Waals surface area (Å²) < 4.78 is 9.64. The van der Waals surface area contributed by atoms with Gasteiger partial charge in [-0.15, -0.1) is 0 Å². The van der Waals surface area contributed by atoms with Gasteiger partial charge in [-0.3, -0.25) is 14.9 Å². The van der Waals surface area contributed by atoms with Crippen molar-refractivity contribution in [3.63, 3.8) is 0 Å². The minimum absolute atomic E-state index is 0.0329. The molecule has 1 unspecified atom stereocenters. The van der Waals surface area contributed by atoms with E-state index in [1.807, 2.05) is 0 Å². The summed E-state index contributed by atoms with van der Waals surface area (Å²) in [4.78, 5) is 51.4. The third-order valence-electron chi connectivity index (χ3n) is 5.02. The predicted octanol–water partition coefficient (Wildman–Crippen LogP) is 3.41. The fraction of sp³-hybridized carbons (Fsp3) is 0.250. The number of phenolic OH excluding ortho intramolecular Hbond substituents is 1. The molecule has 1 aromatic rings. The highest BCUT2D eigenvalue weighted by molar-refractivity contribution is 9.10. The number of nitro groups is 1. The lowest BCUT2D eigenvalue weighted by atomic mass is 9.93. The van der Waals surface area contributed by atoms with Gasteiger partial charge in [0.2, 0.25) is 0 Å². The molecule has 0 radical (unpaired) electrons. The van der Waals surface area contributed by atoms with Gasteiger partial charge in [0, 0.05) is 22.7 Å². The number of hydrogen-bond acceptors (Lipinski definition) is 10. The fourth-order valence-electron chi connectivity index (χ4n) is 3.32. The fourth-order valence-corrected chi connectivity index (χ4v) is 4.91. The number of nitro benzene ring substituents is 1. The van der Waals surface area contributed by atoms with Crippen molar-refractivity contribution in [2.24, 2.45) is 0 Å². The molecule has 1 atom stereocenters. The summed E-state index contributed by atoms with van der Waals surface area (Å²) in [6.45, 7) is 3.50. The van der Waals surface area contributed by atoms with Gasteiger partial charge in [-0.2, -0.15) is 0 Å². The number of nitrogens with zero attached hydrogens (tertiary/aromatic N) is 2. The molecule has 1 N–H and O–H groups in total. The number of esters is 2. The van der Waals surface area contributed by atoms with E-state index in [-0.39, 0.29) is 21.2 Å². The molecule has 0 saturated heterocycles. The second-order valence-corrected chi connectivity index (χ2v) is 8.82. The van der Waals surface area contributed by atoms with Crippen LogP contribution in [-0.4, -0.2) is 52.9 Å². The lowest BCUT2D eigenvalue weighted by Crippen LogP contribution is -2.44. The van der Waals surface area contributed by atoms with Crippen LogP contribution in [0.5, 0.6) is 5.75 Å². The van der Waals surface area contributed by atoms with Crippen LogP contribution in [0.25, 0.3) is 0 Å². The Morgan fingerprint density at radius 1 is 1.22 bits per heavy atom. The number of carbonyl (C=O) groups is 3. The molecule has 0 aliphatic carbocycles. The lowest BCUT2D eigenvalue weighted by Gasteiger charge is -2.34. The number of ketones is 1. The Labute approximate surface area is 194 Å². The molecule has 168 valence electrons. The van der Waals surface area contributed by atoms with Gasteiger partial charge >= 0.3 is 11.9 Å². The van der Waals surface area contributed by atoms with Gasteiger partial charge in [-0.1, -0.05) is 11.8 Å². The first-order valence-corrected chi connectivity index (χ1v) is 10.6. The maximum Gasteiger partial charge on any atom is 0.336 e. The first-order valence-electron chi connectivity index (χ1n) is 9.01. The number of allylic oxidation sites excluding steroid dienone is 4. The molecule has 2 aliphatic heterocycles. The zero-order valence-corrected chi connectivity index (χ0v) is 19.7. The van der Waals surface area contributed by atoms with Crippen LogP contribution in [0.4, 0.5) is 5.69 Å². The maximum atomic E-state index is 13.5. The summed E-state index contributed by atoms with van der Waals surface area (Å²) >= 11 is 4.21. The zero-order valence-electron chi connectivity index (χ0n) is 17.3. The second kappa shape index (κ2) is 8.79. The number of fused-ring (bicyclic) bond motifs is 1. The van der Waals surface area contributed by atoms with Gasteiger partial charge < -0.3 is 19.5 Å². The summed E-state index contributed by atoms with van der Waals surface area (Å²) in [5, 5.41) is 22.0. The quantitative estimate of drug-likeness (QED) is 0.264. The van der Waals surface area contributed by atoms with Gasteiger partial charge in [0.1, 0.15) is 5.75 Å². The van der Waals surface area contributed by atoms with Crippen LogP contribution in [0, 0.1) is 10.1 Å². The second-order valence-electron chi connectivity index (χ2n) is 6.76. The molecule has 10 nitrogen and oxygen atoms in total. The van der Waals surface area contributed by atoms with Crippen molar-refractivity contribution in [2.45, 2.75) is 19.9 Å². The molecule has 0 saturated carbocycles. The maximum absolute atomic E-state index is 13.5. The van der Waals surface area contributed by atoms with E-state index in [9.17, 15) is 29.6 Å². The van der Waals surface area contributed by atoms with Gasteiger partial charge in [0.25, 0.3) is 5.69 Å². The normalized spacial score (nSPS) is 17.7. The molecule has 32 heavy (non-hydrogen) atoms. The average molecular weight is 525 g/mol. The van der Waals surface area contributed by atoms with E-state index in [1.54, 1.807) is 13.8 Å². The van der Waals surface area contributed by atoms with Crippen LogP contribution >= 0.6 is 27.7 Å². The first-order chi connectivity index (χ1) is 15.0. The number of rotatable bonds is 5. The Bertz CT molecular complexity index is 1170. The summed E-state index contributed by atoms with van der Waals surface area (Å²) in [6, 6.07) is 0.834. The highest BCUT2D eigenvalue weighted by Gasteiger charge is 2.45. The summed E-state index contributed by atoms with van der Waals surface area (Å²) in [7, 11) is 2.31. The van der Waals surface area contributed by atoms with Gasteiger partial charge in [0.15, 0.2) is 11.8 Å². The molecular formula is C20H17BrN2O8S. The minimum atomic E-state index is -1.19. The van der Waals surface area contributed by atoms with E-state index >= 15 is 0 Å². The number of Topliss-reactive ketones (excluding diaryl/α,β-unsaturated/α-hetero) is 1. The van der Waals surface area contributed by atoms with E-state index in [0.29, 0.717) is 10.7 Å². The number of benzene rings is 1. The molecule has 0 aromatic heterocycles. The highest BCUT2D eigenvalue weighted by atomic mass is 79.9. The van der Waals surface area contributed by atoms with Crippen molar-refractivity contribution < 1.29 is 33.9 Å². The highest BCUT2D eigenvalue weighted by Crippen LogP contribution is 2.48. The number of aromatic hydroxyl groups is 1. The molecule has 1 aromatic carbocycles. The Balaban J connectivity index is 2.27. The number of phenols is 1. The Hall–Kier alpha value is -3.12. The third-order valence-corrected chi connectivity index (χ3v) is 6.83. The van der Waals surface area contributed by atoms with E-state index in [1.165, 1.54) is 29.8 Å². The minimum Gasteiger partial charge on any atom is -0.506 e. The van der Waals surface area contributed by atoms with Crippen molar-refractivity contribution in [3.8, 4) is 5.75 Å². The number of methoxy groups -OCH3 is 2. The molecule has 12 heteroatoms. The Morgan fingerprint density at radius 3 is 2.44 bits per heavy atom.